The fourth-order valence-electron chi connectivity index (χ4n) is 3.62. The molecule has 2 aromatic rings. The number of likely N-dealkylation sites (N-methyl/N-ethyl adjacent to an activating group) is 1. The Bertz CT molecular complexity index is 747. The van der Waals surface area contributed by atoms with Crippen LogP contribution in [0.4, 0.5) is 19.0 Å². The van der Waals surface area contributed by atoms with Crippen molar-refractivity contribution in [3.63, 3.8) is 0 Å². The zero-order valence-electron chi connectivity index (χ0n) is 17.1. The molecule has 0 N–H and O–H groups in total. The summed E-state index contributed by atoms with van der Waals surface area (Å²) in [6.07, 6.45) is -2.57. The van der Waals surface area contributed by atoms with Crippen LogP contribution in [-0.2, 0) is 6.18 Å². The Morgan fingerprint density at radius 2 is 1.52 bits per heavy atom. The minimum Gasteiger partial charge on any atom is -0.354 e. The molecule has 0 amide bonds. The number of hydrogen-bond donors (Lipinski definition) is 0. The largest absolute Gasteiger partial charge is 0.416 e. The van der Waals surface area contributed by atoms with E-state index in [-0.39, 0.29) is 0 Å². The Labute approximate surface area is 170 Å². The van der Waals surface area contributed by atoms with Crippen LogP contribution in [0.3, 0.4) is 0 Å². The van der Waals surface area contributed by atoms with Crippen LogP contribution in [0.2, 0.25) is 0 Å². The second-order valence-electron chi connectivity index (χ2n) is 7.34. The van der Waals surface area contributed by atoms with Gasteiger partial charge in [0.05, 0.1) is 5.56 Å². The number of hydrogen-bond acceptors (Lipinski definition) is 4. The topological polar surface area (TPSA) is 22.6 Å². The Morgan fingerprint density at radius 3 is 2.03 bits per heavy atom. The minimum atomic E-state index is -4.31. The summed E-state index contributed by atoms with van der Waals surface area (Å²) in [7, 11) is 0. The summed E-state index contributed by atoms with van der Waals surface area (Å²) in [5.74, 6) is 0.920. The molecule has 0 bridgehead atoms. The van der Waals surface area contributed by atoms with Gasteiger partial charge in [-0.1, -0.05) is 26.0 Å². The maximum atomic E-state index is 12.7. The van der Waals surface area contributed by atoms with Crippen LogP contribution < -0.4 is 4.90 Å². The molecule has 1 aromatic heterocycles. The highest BCUT2D eigenvalue weighted by Crippen LogP contribution is 2.31. The molecule has 3 rings (SSSR count). The molecule has 29 heavy (non-hydrogen) atoms. The molecule has 0 aliphatic carbocycles. The molecule has 1 aliphatic rings. The first-order chi connectivity index (χ1) is 13.9. The number of aromatic nitrogens is 1. The van der Waals surface area contributed by atoms with Crippen molar-refractivity contribution in [2.45, 2.75) is 20.0 Å². The Balaban J connectivity index is 1.54. The third kappa shape index (κ3) is 5.70. The van der Waals surface area contributed by atoms with Gasteiger partial charge in [0.2, 0.25) is 0 Å². The van der Waals surface area contributed by atoms with E-state index in [4.69, 9.17) is 0 Å². The lowest BCUT2D eigenvalue weighted by molar-refractivity contribution is -0.137. The number of nitrogens with zero attached hydrogens (tertiary/aromatic N) is 4. The molecular formula is C22H29F3N4. The number of alkyl halides is 3. The summed E-state index contributed by atoms with van der Waals surface area (Å²) >= 11 is 0. The van der Waals surface area contributed by atoms with Crippen LogP contribution in [0, 0.1) is 0 Å². The molecule has 158 valence electrons. The molecule has 1 fully saturated rings. The summed E-state index contributed by atoms with van der Waals surface area (Å²) in [6, 6.07) is 9.10. The highest BCUT2D eigenvalue weighted by molar-refractivity contribution is 5.64. The quantitative estimate of drug-likeness (QED) is 0.686. The van der Waals surface area contributed by atoms with Crippen LogP contribution >= 0.6 is 0 Å². The van der Waals surface area contributed by atoms with E-state index in [9.17, 15) is 13.2 Å². The molecule has 1 aromatic carbocycles. The van der Waals surface area contributed by atoms with E-state index in [1.54, 1.807) is 6.20 Å². The third-order valence-electron chi connectivity index (χ3n) is 5.62. The second-order valence-corrected chi connectivity index (χ2v) is 7.34. The van der Waals surface area contributed by atoms with Crippen molar-refractivity contribution in [2.24, 2.45) is 0 Å². The standard InChI is InChI=1S/C22H29F3N4/c1-3-27(4-2)11-12-28-13-15-29(16-14-28)21-10-7-19(17-26-21)18-5-8-20(9-6-18)22(23,24)25/h5-10,17H,3-4,11-16H2,1-2H3. The van der Waals surface area contributed by atoms with Crippen LogP contribution in [0.25, 0.3) is 11.1 Å². The van der Waals surface area contributed by atoms with Gasteiger partial charge in [0.1, 0.15) is 5.82 Å². The van der Waals surface area contributed by atoms with Crippen LogP contribution in [0.15, 0.2) is 42.6 Å². The maximum Gasteiger partial charge on any atom is 0.416 e. The molecular weight excluding hydrogens is 377 g/mol. The molecule has 2 heterocycles. The summed E-state index contributed by atoms with van der Waals surface area (Å²) in [4.78, 5) is 11.8. The van der Waals surface area contributed by atoms with Gasteiger partial charge < -0.3 is 9.80 Å². The van der Waals surface area contributed by atoms with E-state index < -0.39 is 11.7 Å². The van der Waals surface area contributed by atoms with Crippen molar-refractivity contribution in [1.29, 1.82) is 0 Å². The Hall–Kier alpha value is -2.12. The van der Waals surface area contributed by atoms with Crippen LogP contribution in [0.5, 0.6) is 0 Å². The van der Waals surface area contributed by atoms with Crippen molar-refractivity contribution in [2.75, 3.05) is 57.3 Å². The van der Waals surface area contributed by atoms with Crippen molar-refractivity contribution in [1.82, 2.24) is 14.8 Å². The molecule has 7 heteroatoms. The summed E-state index contributed by atoms with van der Waals surface area (Å²) in [6.45, 7) is 12.7. The van der Waals surface area contributed by atoms with Gasteiger partial charge in [0, 0.05) is 51.0 Å². The second kappa shape index (κ2) is 9.59. The van der Waals surface area contributed by atoms with Crippen molar-refractivity contribution >= 4 is 5.82 Å². The molecule has 0 atom stereocenters. The highest BCUT2D eigenvalue weighted by atomic mass is 19.4. The molecule has 0 spiro atoms. The fraction of sp³-hybridized carbons (Fsp3) is 0.500. The van der Waals surface area contributed by atoms with Crippen molar-refractivity contribution in [3.8, 4) is 11.1 Å². The zero-order chi connectivity index (χ0) is 20.9. The van der Waals surface area contributed by atoms with Crippen molar-refractivity contribution in [3.05, 3.63) is 48.2 Å². The zero-order valence-corrected chi connectivity index (χ0v) is 17.1. The number of piperazine rings is 1. The fourth-order valence-corrected chi connectivity index (χ4v) is 3.62. The molecule has 1 aliphatic heterocycles. The predicted octanol–water partition coefficient (Wildman–Crippen LogP) is 4.23. The monoisotopic (exact) mass is 406 g/mol. The predicted molar refractivity (Wildman–Crippen MR) is 111 cm³/mol. The van der Waals surface area contributed by atoms with E-state index in [0.29, 0.717) is 0 Å². The molecule has 4 nitrogen and oxygen atoms in total. The van der Waals surface area contributed by atoms with E-state index in [1.807, 2.05) is 12.1 Å². The lowest BCUT2D eigenvalue weighted by atomic mass is 10.1. The number of pyridine rings is 1. The molecule has 0 unspecified atom stereocenters. The van der Waals surface area contributed by atoms with Gasteiger partial charge in [-0.15, -0.1) is 0 Å². The van der Waals surface area contributed by atoms with E-state index in [0.717, 1.165) is 81.4 Å². The first-order valence-corrected chi connectivity index (χ1v) is 10.2. The SMILES string of the molecule is CCN(CC)CCN1CCN(c2ccc(-c3ccc(C(F)(F)F)cc3)cn2)CC1. The lowest BCUT2D eigenvalue weighted by Gasteiger charge is -2.36. The first-order valence-electron chi connectivity index (χ1n) is 10.2. The van der Waals surface area contributed by atoms with Gasteiger partial charge in [-0.25, -0.2) is 4.98 Å². The Kier molecular flexibility index (Phi) is 7.14. The summed E-state index contributed by atoms with van der Waals surface area (Å²) in [5.41, 5.74) is 0.920. The van der Waals surface area contributed by atoms with Crippen LogP contribution in [-0.4, -0.2) is 67.1 Å². The minimum absolute atomic E-state index is 0.635. The van der Waals surface area contributed by atoms with Gasteiger partial charge in [0.25, 0.3) is 0 Å². The average molecular weight is 406 g/mol. The third-order valence-corrected chi connectivity index (χ3v) is 5.62. The van der Waals surface area contributed by atoms with Gasteiger partial charge >= 0.3 is 6.18 Å². The average Bonchev–Trinajstić information content (AvgIpc) is 2.74. The van der Waals surface area contributed by atoms with E-state index >= 15 is 0 Å². The lowest BCUT2D eigenvalue weighted by Crippen LogP contribution is -2.48. The maximum absolute atomic E-state index is 12.7. The summed E-state index contributed by atoms with van der Waals surface area (Å²) in [5, 5.41) is 0. The smallest absolute Gasteiger partial charge is 0.354 e. The highest BCUT2D eigenvalue weighted by Gasteiger charge is 2.30. The van der Waals surface area contributed by atoms with Gasteiger partial charge in [0.15, 0.2) is 0 Å². The van der Waals surface area contributed by atoms with Gasteiger partial charge in [-0.05, 0) is 42.9 Å². The van der Waals surface area contributed by atoms with Crippen LogP contribution in [0.1, 0.15) is 19.4 Å². The molecule has 0 radical (unpaired) electrons. The first kappa shape index (κ1) is 21.6. The number of anilines is 1. The van der Waals surface area contributed by atoms with Gasteiger partial charge in [-0.3, -0.25) is 4.90 Å². The number of benzene rings is 1. The van der Waals surface area contributed by atoms with Gasteiger partial charge in [-0.2, -0.15) is 13.2 Å². The van der Waals surface area contributed by atoms with E-state index in [1.165, 1.54) is 12.1 Å². The number of halogens is 3. The van der Waals surface area contributed by atoms with Crippen molar-refractivity contribution < 1.29 is 13.2 Å². The van der Waals surface area contributed by atoms with E-state index in [2.05, 4.69) is 33.5 Å². The normalized spacial score (nSPS) is 15.9. The molecule has 1 saturated heterocycles. The number of rotatable bonds is 7. The molecule has 0 saturated carbocycles. The summed E-state index contributed by atoms with van der Waals surface area (Å²) < 4.78 is 38.1. The Morgan fingerprint density at radius 1 is 0.897 bits per heavy atom.